The molecule has 15 heavy (non-hydrogen) atoms. The van der Waals surface area contributed by atoms with E-state index in [1.54, 1.807) is 24.3 Å². The Bertz CT molecular complexity index is 345. The SMILES string of the molecule is COC(=O)COc1ccc(C=NO)cc1. The van der Waals surface area contributed by atoms with Crippen LogP contribution in [0.3, 0.4) is 0 Å². The van der Waals surface area contributed by atoms with E-state index in [0.29, 0.717) is 5.75 Å². The number of oxime groups is 1. The zero-order valence-corrected chi connectivity index (χ0v) is 8.21. The second-order valence-corrected chi connectivity index (χ2v) is 2.68. The van der Waals surface area contributed by atoms with E-state index < -0.39 is 5.97 Å². The quantitative estimate of drug-likeness (QED) is 0.348. The van der Waals surface area contributed by atoms with E-state index in [-0.39, 0.29) is 6.61 Å². The number of hydrogen-bond acceptors (Lipinski definition) is 5. The lowest BCUT2D eigenvalue weighted by molar-refractivity contribution is -0.142. The molecule has 0 atom stereocenters. The number of ether oxygens (including phenoxy) is 2. The van der Waals surface area contributed by atoms with Crippen molar-refractivity contribution in [2.24, 2.45) is 5.16 Å². The first kappa shape index (κ1) is 11.0. The zero-order chi connectivity index (χ0) is 11.1. The number of carbonyl (C=O) groups excluding carboxylic acids is 1. The van der Waals surface area contributed by atoms with Crippen LogP contribution in [-0.4, -0.2) is 31.1 Å². The predicted octanol–water partition coefficient (Wildman–Crippen LogP) is 1.05. The van der Waals surface area contributed by atoms with Crippen molar-refractivity contribution in [3.8, 4) is 5.75 Å². The molecule has 0 heterocycles. The topological polar surface area (TPSA) is 68.1 Å². The molecule has 1 rings (SSSR count). The van der Waals surface area contributed by atoms with Crippen molar-refractivity contribution in [3.05, 3.63) is 29.8 Å². The molecule has 0 saturated carbocycles. The van der Waals surface area contributed by atoms with Crippen LogP contribution in [0.5, 0.6) is 5.75 Å². The van der Waals surface area contributed by atoms with Crippen molar-refractivity contribution < 1.29 is 19.5 Å². The Morgan fingerprint density at radius 2 is 2.13 bits per heavy atom. The molecular formula is C10H11NO4. The first-order valence-corrected chi connectivity index (χ1v) is 4.23. The van der Waals surface area contributed by atoms with Crippen molar-refractivity contribution in [1.82, 2.24) is 0 Å². The molecule has 0 bridgehead atoms. The van der Waals surface area contributed by atoms with Gasteiger partial charge in [-0.2, -0.15) is 0 Å². The van der Waals surface area contributed by atoms with Gasteiger partial charge in [0.25, 0.3) is 0 Å². The standard InChI is InChI=1S/C10H11NO4/c1-14-10(12)7-15-9-4-2-8(3-5-9)6-11-13/h2-6,13H,7H2,1H3. The zero-order valence-electron chi connectivity index (χ0n) is 8.21. The van der Waals surface area contributed by atoms with Crippen molar-refractivity contribution in [2.45, 2.75) is 0 Å². The van der Waals surface area contributed by atoms with Crippen LogP contribution in [-0.2, 0) is 9.53 Å². The number of nitrogens with zero attached hydrogens (tertiary/aromatic N) is 1. The van der Waals surface area contributed by atoms with Gasteiger partial charge in [-0.15, -0.1) is 0 Å². The van der Waals surface area contributed by atoms with Crippen LogP contribution in [0.1, 0.15) is 5.56 Å². The Balaban J connectivity index is 2.53. The fourth-order valence-corrected chi connectivity index (χ4v) is 0.918. The molecule has 1 N–H and O–H groups in total. The van der Waals surface area contributed by atoms with E-state index in [2.05, 4.69) is 9.89 Å². The highest BCUT2D eigenvalue weighted by molar-refractivity contribution is 5.79. The van der Waals surface area contributed by atoms with Crippen molar-refractivity contribution in [3.63, 3.8) is 0 Å². The molecule has 0 amide bonds. The van der Waals surface area contributed by atoms with Gasteiger partial charge in [-0.3, -0.25) is 0 Å². The van der Waals surface area contributed by atoms with E-state index in [1.807, 2.05) is 0 Å². The molecule has 1 aromatic rings. The van der Waals surface area contributed by atoms with E-state index in [4.69, 9.17) is 9.94 Å². The smallest absolute Gasteiger partial charge is 0.343 e. The van der Waals surface area contributed by atoms with Gasteiger partial charge in [-0.05, 0) is 29.8 Å². The predicted molar refractivity (Wildman–Crippen MR) is 53.3 cm³/mol. The third-order valence-corrected chi connectivity index (χ3v) is 1.67. The van der Waals surface area contributed by atoms with Crippen LogP contribution in [0, 0.1) is 0 Å². The molecule has 5 nitrogen and oxygen atoms in total. The Morgan fingerprint density at radius 1 is 1.47 bits per heavy atom. The van der Waals surface area contributed by atoms with Gasteiger partial charge in [-0.25, -0.2) is 4.79 Å². The molecule has 0 aliphatic carbocycles. The van der Waals surface area contributed by atoms with E-state index in [0.717, 1.165) is 5.56 Å². The lowest BCUT2D eigenvalue weighted by Gasteiger charge is -2.04. The normalized spacial score (nSPS) is 10.2. The average molecular weight is 209 g/mol. The molecule has 0 spiro atoms. The first-order chi connectivity index (χ1) is 7.26. The molecule has 0 aromatic heterocycles. The minimum Gasteiger partial charge on any atom is -0.482 e. The second-order valence-electron chi connectivity index (χ2n) is 2.68. The Kier molecular flexibility index (Phi) is 4.15. The maximum atomic E-state index is 10.8. The summed E-state index contributed by atoms with van der Waals surface area (Å²) in [5.41, 5.74) is 0.739. The lowest BCUT2D eigenvalue weighted by Crippen LogP contribution is -2.12. The van der Waals surface area contributed by atoms with Gasteiger partial charge in [0.2, 0.25) is 0 Å². The fraction of sp³-hybridized carbons (Fsp3) is 0.200. The highest BCUT2D eigenvalue weighted by Crippen LogP contribution is 2.10. The van der Waals surface area contributed by atoms with Crippen molar-refractivity contribution >= 4 is 12.2 Å². The van der Waals surface area contributed by atoms with Gasteiger partial charge in [0.05, 0.1) is 13.3 Å². The van der Waals surface area contributed by atoms with E-state index in [1.165, 1.54) is 13.3 Å². The van der Waals surface area contributed by atoms with E-state index in [9.17, 15) is 4.79 Å². The summed E-state index contributed by atoms with van der Waals surface area (Å²) in [7, 11) is 1.30. The molecule has 0 saturated heterocycles. The molecule has 5 heteroatoms. The minimum absolute atomic E-state index is 0.121. The van der Waals surface area contributed by atoms with Crippen LogP contribution < -0.4 is 4.74 Å². The molecule has 1 aromatic carbocycles. The monoisotopic (exact) mass is 209 g/mol. The Morgan fingerprint density at radius 3 is 2.67 bits per heavy atom. The number of methoxy groups -OCH3 is 1. The van der Waals surface area contributed by atoms with Gasteiger partial charge in [-0.1, -0.05) is 5.16 Å². The molecule has 0 aliphatic rings. The number of carbonyl (C=O) groups is 1. The molecule has 0 radical (unpaired) electrons. The summed E-state index contributed by atoms with van der Waals surface area (Å²) in [6, 6.07) is 6.73. The summed E-state index contributed by atoms with van der Waals surface area (Å²) in [6.45, 7) is -0.121. The summed E-state index contributed by atoms with van der Waals surface area (Å²) >= 11 is 0. The molecule has 0 aliphatic heterocycles. The molecule has 80 valence electrons. The molecule has 0 fully saturated rings. The summed E-state index contributed by atoms with van der Waals surface area (Å²) < 4.78 is 9.53. The van der Waals surface area contributed by atoms with Crippen LogP contribution >= 0.6 is 0 Å². The number of esters is 1. The van der Waals surface area contributed by atoms with E-state index >= 15 is 0 Å². The first-order valence-electron chi connectivity index (χ1n) is 4.23. The number of rotatable bonds is 4. The third kappa shape index (κ3) is 3.68. The van der Waals surface area contributed by atoms with Gasteiger partial charge in [0, 0.05) is 0 Å². The minimum atomic E-state index is -0.434. The van der Waals surface area contributed by atoms with Crippen LogP contribution in [0.25, 0.3) is 0 Å². The maximum Gasteiger partial charge on any atom is 0.343 e. The fourth-order valence-electron chi connectivity index (χ4n) is 0.918. The maximum absolute atomic E-state index is 10.8. The summed E-state index contributed by atoms with van der Waals surface area (Å²) in [5, 5.41) is 11.2. The van der Waals surface area contributed by atoms with Crippen molar-refractivity contribution in [2.75, 3.05) is 13.7 Å². The number of benzene rings is 1. The van der Waals surface area contributed by atoms with Gasteiger partial charge in [0.15, 0.2) is 6.61 Å². The van der Waals surface area contributed by atoms with Gasteiger partial charge >= 0.3 is 5.97 Å². The lowest BCUT2D eigenvalue weighted by atomic mass is 10.2. The second kappa shape index (κ2) is 5.64. The molecule has 0 unspecified atom stereocenters. The highest BCUT2D eigenvalue weighted by Gasteiger charge is 2.00. The molecular weight excluding hydrogens is 198 g/mol. The Hall–Kier alpha value is -2.04. The van der Waals surface area contributed by atoms with Crippen LogP contribution in [0.4, 0.5) is 0 Å². The Labute approximate surface area is 86.9 Å². The van der Waals surface area contributed by atoms with Crippen LogP contribution in [0.15, 0.2) is 29.4 Å². The summed E-state index contributed by atoms with van der Waals surface area (Å²) in [6.07, 6.45) is 1.30. The summed E-state index contributed by atoms with van der Waals surface area (Å²) in [5.74, 6) is 0.117. The average Bonchev–Trinajstić information content (AvgIpc) is 2.28. The highest BCUT2D eigenvalue weighted by atomic mass is 16.6. The van der Waals surface area contributed by atoms with Crippen LogP contribution in [0.2, 0.25) is 0 Å². The van der Waals surface area contributed by atoms with Gasteiger partial charge < -0.3 is 14.7 Å². The van der Waals surface area contributed by atoms with Crippen molar-refractivity contribution in [1.29, 1.82) is 0 Å². The third-order valence-electron chi connectivity index (χ3n) is 1.67. The number of hydrogen-bond donors (Lipinski definition) is 1. The summed E-state index contributed by atoms with van der Waals surface area (Å²) in [4.78, 5) is 10.8. The largest absolute Gasteiger partial charge is 0.482 e. The van der Waals surface area contributed by atoms with Gasteiger partial charge in [0.1, 0.15) is 5.75 Å².